The maximum absolute atomic E-state index is 5.80. The third-order valence-electron chi connectivity index (χ3n) is 1.42. The Morgan fingerprint density at radius 1 is 1.55 bits per heavy atom. The Labute approximate surface area is 73.9 Å². The average molecular weight is 177 g/mol. The molecule has 0 aromatic heterocycles. The van der Waals surface area contributed by atoms with Gasteiger partial charge in [0.25, 0.3) is 0 Å². The van der Waals surface area contributed by atoms with Crippen molar-refractivity contribution in [1.29, 1.82) is 0 Å². The minimum Gasteiger partial charge on any atom is -0.384 e. The molecule has 0 aliphatic heterocycles. The molecule has 1 atom stereocenters. The maximum Gasteiger partial charge on any atom is 0.0552 e. The van der Waals surface area contributed by atoms with Crippen molar-refractivity contribution in [2.24, 2.45) is 5.73 Å². The molecule has 0 spiro atoms. The fourth-order valence-electron chi connectivity index (χ4n) is 0.831. The summed E-state index contributed by atoms with van der Waals surface area (Å²) in [6.45, 7) is 3.00. The number of thioether (sulfide) groups is 1. The summed E-state index contributed by atoms with van der Waals surface area (Å²) in [4.78, 5) is 0. The molecule has 0 saturated carbocycles. The predicted octanol–water partition coefficient (Wildman–Crippen LogP) is 1.49. The van der Waals surface area contributed by atoms with E-state index in [0.29, 0.717) is 6.04 Å². The minimum atomic E-state index is 0.377. The Morgan fingerprint density at radius 3 is 2.82 bits per heavy atom. The van der Waals surface area contributed by atoms with Crippen LogP contribution in [0.25, 0.3) is 0 Å². The van der Waals surface area contributed by atoms with Gasteiger partial charge in [0.15, 0.2) is 0 Å². The Bertz CT molecular complexity index is 80.5. The number of hydrogen-bond acceptors (Lipinski definition) is 3. The van der Waals surface area contributed by atoms with Crippen molar-refractivity contribution < 1.29 is 4.74 Å². The van der Waals surface area contributed by atoms with E-state index in [1.807, 2.05) is 11.8 Å². The predicted molar refractivity (Wildman–Crippen MR) is 52.1 cm³/mol. The summed E-state index contributed by atoms with van der Waals surface area (Å²) in [7, 11) is 1.73. The third kappa shape index (κ3) is 8.17. The number of rotatable bonds is 7. The summed E-state index contributed by atoms with van der Waals surface area (Å²) < 4.78 is 4.92. The first kappa shape index (κ1) is 11.3. The molecule has 68 valence electrons. The summed E-state index contributed by atoms with van der Waals surface area (Å²) in [6, 6.07) is 0.377. The van der Waals surface area contributed by atoms with E-state index in [1.165, 1.54) is 6.42 Å². The molecule has 0 radical (unpaired) electrons. The molecule has 3 heteroatoms. The van der Waals surface area contributed by atoms with Gasteiger partial charge < -0.3 is 10.5 Å². The van der Waals surface area contributed by atoms with Crippen molar-refractivity contribution in [3.63, 3.8) is 0 Å². The fourth-order valence-corrected chi connectivity index (χ4v) is 1.75. The molecule has 0 heterocycles. The van der Waals surface area contributed by atoms with Gasteiger partial charge in [-0.25, -0.2) is 0 Å². The van der Waals surface area contributed by atoms with Gasteiger partial charge in [-0.15, -0.1) is 0 Å². The van der Waals surface area contributed by atoms with Crippen LogP contribution in [0.1, 0.15) is 19.8 Å². The van der Waals surface area contributed by atoms with Gasteiger partial charge in [0.2, 0.25) is 0 Å². The van der Waals surface area contributed by atoms with E-state index in [4.69, 9.17) is 10.5 Å². The SMILES string of the molecule is CCCC(N)CSCCOC. The minimum absolute atomic E-state index is 0.377. The normalized spacial score (nSPS) is 13.4. The highest BCUT2D eigenvalue weighted by molar-refractivity contribution is 7.99. The van der Waals surface area contributed by atoms with E-state index in [1.54, 1.807) is 7.11 Å². The molecule has 0 aromatic rings. The highest BCUT2D eigenvalue weighted by Crippen LogP contribution is 2.04. The first-order chi connectivity index (χ1) is 5.31. The van der Waals surface area contributed by atoms with Crippen molar-refractivity contribution in [1.82, 2.24) is 0 Å². The van der Waals surface area contributed by atoms with Crippen LogP contribution in [-0.2, 0) is 4.74 Å². The van der Waals surface area contributed by atoms with Gasteiger partial charge in [-0.05, 0) is 6.42 Å². The molecule has 0 aromatic carbocycles. The van der Waals surface area contributed by atoms with Crippen LogP contribution < -0.4 is 5.73 Å². The topological polar surface area (TPSA) is 35.2 Å². The van der Waals surface area contributed by atoms with E-state index in [-0.39, 0.29) is 0 Å². The Morgan fingerprint density at radius 2 is 2.27 bits per heavy atom. The molecule has 0 aliphatic rings. The zero-order valence-corrected chi connectivity index (χ0v) is 8.32. The van der Waals surface area contributed by atoms with Crippen LogP contribution in [0.4, 0.5) is 0 Å². The lowest BCUT2D eigenvalue weighted by Gasteiger charge is -2.08. The van der Waals surface area contributed by atoms with Gasteiger partial charge in [-0.2, -0.15) is 11.8 Å². The van der Waals surface area contributed by atoms with Gasteiger partial charge >= 0.3 is 0 Å². The first-order valence-electron chi connectivity index (χ1n) is 4.13. The molecule has 2 nitrogen and oxygen atoms in total. The summed E-state index contributed by atoms with van der Waals surface area (Å²) in [5.74, 6) is 2.13. The molecule has 0 saturated heterocycles. The fraction of sp³-hybridized carbons (Fsp3) is 1.00. The number of nitrogens with two attached hydrogens (primary N) is 1. The highest BCUT2D eigenvalue weighted by atomic mass is 32.2. The second-order valence-corrected chi connectivity index (χ2v) is 3.77. The van der Waals surface area contributed by atoms with E-state index < -0.39 is 0 Å². The van der Waals surface area contributed by atoms with E-state index in [2.05, 4.69) is 6.92 Å². The lowest BCUT2D eigenvalue weighted by molar-refractivity contribution is 0.218. The zero-order valence-electron chi connectivity index (χ0n) is 7.51. The van der Waals surface area contributed by atoms with Gasteiger partial charge in [0, 0.05) is 24.7 Å². The van der Waals surface area contributed by atoms with Crippen molar-refractivity contribution >= 4 is 11.8 Å². The monoisotopic (exact) mass is 177 g/mol. The molecule has 0 aliphatic carbocycles. The second-order valence-electron chi connectivity index (χ2n) is 2.62. The van der Waals surface area contributed by atoms with Crippen molar-refractivity contribution in [3.8, 4) is 0 Å². The Hall–Kier alpha value is 0.270. The molecule has 1 unspecified atom stereocenters. The van der Waals surface area contributed by atoms with Crippen LogP contribution in [0, 0.1) is 0 Å². The smallest absolute Gasteiger partial charge is 0.0552 e. The largest absolute Gasteiger partial charge is 0.384 e. The number of ether oxygens (including phenoxy) is 1. The van der Waals surface area contributed by atoms with Crippen molar-refractivity contribution in [2.45, 2.75) is 25.8 Å². The zero-order chi connectivity index (χ0) is 8.53. The Balaban J connectivity index is 2.97. The molecule has 0 amide bonds. The first-order valence-corrected chi connectivity index (χ1v) is 5.29. The van der Waals surface area contributed by atoms with Crippen molar-refractivity contribution in [3.05, 3.63) is 0 Å². The molecule has 0 bridgehead atoms. The summed E-state index contributed by atoms with van der Waals surface area (Å²) >= 11 is 1.88. The Kier molecular flexibility index (Phi) is 8.57. The summed E-state index contributed by atoms with van der Waals surface area (Å²) in [5.41, 5.74) is 5.80. The summed E-state index contributed by atoms with van der Waals surface area (Å²) in [5, 5.41) is 0. The molecule has 11 heavy (non-hydrogen) atoms. The van der Waals surface area contributed by atoms with Crippen LogP contribution in [0.2, 0.25) is 0 Å². The molecular formula is C8H19NOS. The molecule has 0 rings (SSSR count). The lowest BCUT2D eigenvalue weighted by atomic mass is 10.2. The molecular weight excluding hydrogens is 158 g/mol. The van der Waals surface area contributed by atoms with E-state index in [0.717, 1.165) is 24.5 Å². The van der Waals surface area contributed by atoms with Crippen LogP contribution in [0.3, 0.4) is 0 Å². The maximum atomic E-state index is 5.80. The quantitative estimate of drug-likeness (QED) is 0.598. The second kappa shape index (κ2) is 8.37. The number of hydrogen-bond donors (Lipinski definition) is 1. The van der Waals surface area contributed by atoms with Crippen molar-refractivity contribution in [2.75, 3.05) is 25.2 Å². The van der Waals surface area contributed by atoms with Crippen LogP contribution >= 0.6 is 11.8 Å². The van der Waals surface area contributed by atoms with E-state index >= 15 is 0 Å². The highest BCUT2D eigenvalue weighted by Gasteiger charge is 1.99. The standard InChI is InChI=1S/C8H19NOS/c1-3-4-8(9)7-11-6-5-10-2/h8H,3-7,9H2,1-2H3. The molecule has 2 N–H and O–H groups in total. The third-order valence-corrected chi connectivity index (χ3v) is 2.54. The van der Waals surface area contributed by atoms with Gasteiger partial charge in [-0.3, -0.25) is 0 Å². The lowest BCUT2D eigenvalue weighted by Crippen LogP contribution is -2.22. The van der Waals surface area contributed by atoms with Gasteiger partial charge in [0.05, 0.1) is 6.61 Å². The van der Waals surface area contributed by atoms with Crippen LogP contribution in [-0.4, -0.2) is 31.3 Å². The average Bonchev–Trinajstić information content (AvgIpc) is 1.99. The molecule has 0 fully saturated rings. The summed E-state index contributed by atoms with van der Waals surface area (Å²) in [6.07, 6.45) is 2.33. The van der Waals surface area contributed by atoms with Gasteiger partial charge in [-0.1, -0.05) is 13.3 Å². The van der Waals surface area contributed by atoms with Crippen LogP contribution in [0.15, 0.2) is 0 Å². The van der Waals surface area contributed by atoms with Gasteiger partial charge in [0.1, 0.15) is 0 Å². The van der Waals surface area contributed by atoms with E-state index in [9.17, 15) is 0 Å². The number of methoxy groups -OCH3 is 1. The van der Waals surface area contributed by atoms with Crippen LogP contribution in [0.5, 0.6) is 0 Å².